The van der Waals surface area contributed by atoms with Crippen LogP contribution in [0.15, 0.2) is 18.2 Å². The summed E-state index contributed by atoms with van der Waals surface area (Å²) in [6.07, 6.45) is 5.07. The normalized spacial score (nSPS) is 12.1. The molecule has 0 saturated heterocycles. The molecule has 0 amide bonds. The molecule has 0 radical (unpaired) electrons. The van der Waals surface area contributed by atoms with E-state index in [9.17, 15) is 4.79 Å². The second-order valence-corrected chi connectivity index (χ2v) is 4.74. The maximum absolute atomic E-state index is 12.1. The monoisotopic (exact) mass is 264 g/mol. The van der Waals surface area contributed by atoms with E-state index in [1.165, 1.54) is 0 Å². The summed E-state index contributed by atoms with van der Waals surface area (Å²) in [6.45, 7) is 4.17. The molecule has 0 spiro atoms. The average Bonchev–Trinajstić information content (AvgIpc) is 2.40. The van der Waals surface area contributed by atoms with Crippen molar-refractivity contribution in [2.45, 2.75) is 52.1 Å². The molecule has 1 aromatic rings. The standard InChI is InChI=1S/C15H24N2O2/c1-3-5-6-8-11(4-2)19-15(18)12-9-7-10-13(16)14(12)17/h7,9-11H,3-6,8,16-17H2,1-2H3. The number of unbranched alkanes of at least 4 members (excludes halogenated alkanes) is 2. The highest BCUT2D eigenvalue weighted by molar-refractivity contribution is 5.98. The van der Waals surface area contributed by atoms with Gasteiger partial charge in [0.05, 0.1) is 16.9 Å². The lowest BCUT2D eigenvalue weighted by Crippen LogP contribution is -2.19. The Bertz CT molecular complexity index is 419. The van der Waals surface area contributed by atoms with E-state index in [0.29, 0.717) is 16.9 Å². The summed E-state index contributed by atoms with van der Waals surface area (Å²) >= 11 is 0. The molecule has 0 fully saturated rings. The van der Waals surface area contributed by atoms with Gasteiger partial charge in [-0.05, 0) is 31.4 Å². The van der Waals surface area contributed by atoms with E-state index in [1.54, 1.807) is 18.2 Å². The number of nitrogen functional groups attached to an aromatic ring is 2. The minimum atomic E-state index is -0.381. The van der Waals surface area contributed by atoms with Crippen LogP contribution < -0.4 is 11.5 Å². The molecule has 0 heterocycles. The van der Waals surface area contributed by atoms with Crippen molar-refractivity contribution >= 4 is 17.3 Å². The Balaban J connectivity index is 2.64. The van der Waals surface area contributed by atoms with Gasteiger partial charge in [0, 0.05) is 0 Å². The van der Waals surface area contributed by atoms with Crippen molar-refractivity contribution in [3.05, 3.63) is 23.8 Å². The Morgan fingerprint density at radius 1 is 1.26 bits per heavy atom. The number of carbonyl (C=O) groups excluding carboxylic acids is 1. The highest BCUT2D eigenvalue weighted by Crippen LogP contribution is 2.21. The fourth-order valence-electron chi connectivity index (χ4n) is 1.94. The summed E-state index contributed by atoms with van der Waals surface area (Å²) in [5.74, 6) is -0.381. The van der Waals surface area contributed by atoms with Gasteiger partial charge < -0.3 is 16.2 Å². The molecular weight excluding hydrogens is 240 g/mol. The number of para-hydroxylation sites is 1. The molecule has 4 nitrogen and oxygen atoms in total. The maximum Gasteiger partial charge on any atom is 0.340 e. The summed E-state index contributed by atoms with van der Waals surface area (Å²) < 4.78 is 5.49. The van der Waals surface area contributed by atoms with E-state index >= 15 is 0 Å². The highest BCUT2D eigenvalue weighted by Gasteiger charge is 2.17. The van der Waals surface area contributed by atoms with E-state index in [1.807, 2.05) is 6.92 Å². The number of esters is 1. The average molecular weight is 264 g/mol. The lowest BCUT2D eigenvalue weighted by molar-refractivity contribution is 0.0268. The fourth-order valence-corrected chi connectivity index (χ4v) is 1.94. The summed E-state index contributed by atoms with van der Waals surface area (Å²) in [5.41, 5.74) is 12.6. The molecule has 0 saturated carbocycles. The highest BCUT2D eigenvalue weighted by atomic mass is 16.5. The molecule has 19 heavy (non-hydrogen) atoms. The predicted molar refractivity (Wildman–Crippen MR) is 78.9 cm³/mol. The van der Waals surface area contributed by atoms with Crippen LogP contribution in [0.2, 0.25) is 0 Å². The molecular formula is C15H24N2O2. The number of benzene rings is 1. The van der Waals surface area contributed by atoms with E-state index in [2.05, 4.69) is 6.92 Å². The van der Waals surface area contributed by atoms with Gasteiger partial charge in [-0.3, -0.25) is 0 Å². The number of nitrogens with two attached hydrogens (primary N) is 2. The largest absolute Gasteiger partial charge is 0.459 e. The number of anilines is 2. The Kier molecular flexibility index (Phi) is 6.19. The zero-order valence-corrected chi connectivity index (χ0v) is 11.8. The van der Waals surface area contributed by atoms with Crippen LogP contribution in [0, 0.1) is 0 Å². The minimum Gasteiger partial charge on any atom is -0.459 e. The molecule has 1 atom stereocenters. The number of hydrogen-bond acceptors (Lipinski definition) is 4. The van der Waals surface area contributed by atoms with E-state index in [4.69, 9.17) is 16.2 Å². The number of hydrogen-bond donors (Lipinski definition) is 2. The molecule has 0 aliphatic rings. The van der Waals surface area contributed by atoms with Crippen LogP contribution in [0.4, 0.5) is 11.4 Å². The number of rotatable bonds is 7. The van der Waals surface area contributed by atoms with Gasteiger partial charge in [-0.2, -0.15) is 0 Å². The van der Waals surface area contributed by atoms with Crippen LogP contribution >= 0.6 is 0 Å². The van der Waals surface area contributed by atoms with Gasteiger partial charge in [-0.25, -0.2) is 4.79 Å². The van der Waals surface area contributed by atoms with Gasteiger partial charge >= 0.3 is 5.97 Å². The van der Waals surface area contributed by atoms with Gasteiger partial charge in [0.15, 0.2) is 0 Å². The molecule has 1 rings (SSSR count). The van der Waals surface area contributed by atoms with E-state index in [-0.39, 0.29) is 12.1 Å². The van der Waals surface area contributed by atoms with Gasteiger partial charge in [0.25, 0.3) is 0 Å². The topological polar surface area (TPSA) is 78.3 Å². The third kappa shape index (κ3) is 4.47. The van der Waals surface area contributed by atoms with Crippen molar-refractivity contribution < 1.29 is 9.53 Å². The minimum absolute atomic E-state index is 0.0418. The maximum atomic E-state index is 12.1. The predicted octanol–water partition coefficient (Wildman–Crippen LogP) is 3.37. The molecule has 0 bridgehead atoms. The summed E-state index contributed by atoms with van der Waals surface area (Å²) in [5, 5.41) is 0. The number of carbonyl (C=O) groups is 1. The first-order valence-electron chi connectivity index (χ1n) is 6.95. The summed E-state index contributed by atoms with van der Waals surface area (Å²) in [7, 11) is 0. The Morgan fingerprint density at radius 2 is 2.00 bits per heavy atom. The van der Waals surface area contributed by atoms with Crippen molar-refractivity contribution in [2.75, 3.05) is 11.5 Å². The SMILES string of the molecule is CCCCCC(CC)OC(=O)c1cccc(N)c1N. The lowest BCUT2D eigenvalue weighted by Gasteiger charge is -2.17. The lowest BCUT2D eigenvalue weighted by atomic mass is 10.1. The Hall–Kier alpha value is -1.71. The van der Waals surface area contributed by atoms with Crippen LogP contribution in [-0.2, 0) is 4.74 Å². The molecule has 0 aromatic heterocycles. The quantitative estimate of drug-likeness (QED) is 0.449. The fraction of sp³-hybridized carbons (Fsp3) is 0.533. The Labute approximate surface area is 115 Å². The zero-order chi connectivity index (χ0) is 14.3. The van der Waals surface area contributed by atoms with Gasteiger partial charge in [0.2, 0.25) is 0 Å². The molecule has 1 aromatic carbocycles. The van der Waals surface area contributed by atoms with Crippen LogP contribution in [0.1, 0.15) is 56.3 Å². The molecule has 4 heteroatoms. The van der Waals surface area contributed by atoms with Crippen molar-refractivity contribution in [1.29, 1.82) is 0 Å². The van der Waals surface area contributed by atoms with Crippen molar-refractivity contribution in [3.8, 4) is 0 Å². The van der Waals surface area contributed by atoms with Crippen molar-refractivity contribution in [2.24, 2.45) is 0 Å². The zero-order valence-electron chi connectivity index (χ0n) is 11.8. The molecule has 4 N–H and O–H groups in total. The summed E-state index contributed by atoms with van der Waals surface area (Å²) in [6, 6.07) is 5.03. The molecule has 106 valence electrons. The molecule has 1 unspecified atom stereocenters. The van der Waals surface area contributed by atoms with Crippen LogP contribution in [0.3, 0.4) is 0 Å². The van der Waals surface area contributed by atoms with E-state index < -0.39 is 0 Å². The molecule has 0 aliphatic heterocycles. The van der Waals surface area contributed by atoms with Gasteiger partial charge in [-0.1, -0.05) is 32.8 Å². The van der Waals surface area contributed by atoms with Gasteiger partial charge in [0.1, 0.15) is 6.10 Å². The van der Waals surface area contributed by atoms with Crippen LogP contribution in [0.25, 0.3) is 0 Å². The molecule has 0 aliphatic carbocycles. The first kappa shape index (κ1) is 15.3. The van der Waals surface area contributed by atoms with Crippen LogP contribution in [0.5, 0.6) is 0 Å². The third-order valence-corrected chi connectivity index (χ3v) is 3.22. The van der Waals surface area contributed by atoms with E-state index in [0.717, 1.165) is 32.1 Å². The third-order valence-electron chi connectivity index (χ3n) is 3.22. The second kappa shape index (κ2) is 7.67. The Morgan fingerprint density at radius 3 is 2.63 bits per heavy atom. The van der Waals surface area contributed by atoms with Crippen molar-refractivity contribution in [1.82, 2.24) is 0 Å². The van der Waals surface area contributed by atoms with Crippen molar-refractivity contribution in [3.63, 3.8) is 0 Å². The van der Waals surface area contributed by atoms with Gasteiger partial charge in [-0.15, -0.1) is 0 Å². The number of ether oxygens (including phenoxy) is 1. The first-order valence-corrected chi connectivity index (χ1v) is 6.95. The smallest absolute Gasteiger partial charge is 0.340 e. The second-order valence-electron chi connectivity index (χ2n) is 4.74. The summed E-state index contributed by atoms with van der Waals surface area (Å²) in [4.78, 5) is 12.1. The van der Waals surface area contributed by atoms with Crippen LogP contribution in [-0.4, -0.2) is 12.1 Å². The first-order chi connectivity index (χ1) is 9.10.